The molecule has 31 heavy (non-hydrogen) atoms. The summed E-state index contributed by atoms with van der Waals surface area (Å²) in [4.78, 5) is 8.43. The Morgan fingerprint density at radius 3 is 1.90 bits per heavy atom. The summed E-state index contributed by atoms with van der Waals surface area (Å²) in [5.41, 5.74) is 4.50. The number of nitrogens with zero attached hydrogens (tertiary/aromatic N) is 1. The second kappa shape index (κ2) is 8.83. The van der Waals surface area contributed by atoms with E-state index in [1.807, 2.05) is 66.7 Å². The fourth-order valence-corrected chi connectivity index (χ4v) is 3.46. The van der Waals surface area contributed by atoms with Gasteiger partial charge in [-0.3, -0.25) is 0 Å². The molecule has 0 saturated heterocycles. The topological polar surface area (TPSA) is 65.6 Å². The van der Waals surface area contributed by atoms with Gasteiger partial charge in [0.1, 0.15) is 17.3 Å². The van der Waals surface area contributed by atoms with Crippen molar-refractivity contribution in [2.45, 2.75) is 0 Å². The monoisotopic (exact) mass is 416 g/mol. The van der Waals surface area contributed by atoms with E-state index in [9.17, 15) is 0 Å². The Hall–Kier alpha value is -3.93. The maximum absolute atomic E-state index is 5.47. The molecule has 1 heterocycles. The van der Waals surface area contributed by atoms with Crippen molar-refractivity contribution >= 4 is 0 Å². The van der Waals surface area contributed by atoms with E-state index in [-0.39, 0.29) is 0 Å². The molecule has 0 unspecified atom stereocenters. The van der Waals surface area contributed by atoms with Crippen LogP contribution in [0.25, 0.3) is 33.9 Å². The fraction of sp³-hybridized carbons (Fsp3) is 0.160. The third kappa shape index (κ3) is 4.05. The molecule has 0 amide bonds. The highest BCUT2D eigenvalue weighted by molar-refractivity contribution is 5.82. The highest BCUT2D eigenvalue weighted by Crippen LogP contribution is 2.37. The van der Waals surface area contributed by atoms with Crippen LogP contribution in [0.2, 0.25) is 0 Å². The van der Waals surface area contributed by atoms with Crippen LogP contribution >= 0.6 is 0 Å². The Kier molecular flexibility index (Phi) is 5.80. The number of rotatable bonds is 7. The number of aromatic nitrogens is 2. The molecule has 1 N–H and O–H groups in total. The van der Waals surface area contributed by atoms with E-state index in [1.165, 1.54) is 0 Å². The van der Waals surface area contributed by atoms with Gasteiger partial charge in [0.2, 0.25) is 0 Å². The molecule has 0 bridgehead atoms. The van der Waals surface area contributed by atoms with Crippen molar-refractivity contribution < 1.29 is 18.9 Å². The van der Waals surface area contributed by atoms with Gasteiger partial charge in [-0.1, -0.05) is 24.3 Å². The van der Waals surface area contributed by atoms with Gasteiger partial charge in [-0.25, -0.2) is 4.98 Å². The number of nitrogens with one attached hydrogen (secondary N) is 1. The first-order chi connectivity index (χ1) is 15.2. The van der Waals surface area contributed by atoms with Crippen LogP contribution in [-0.2, 0) is 0 Å². The number of methoxy groups -OCH3 is 4. The second-order valence-corrected chi connectivity index (χ2v) is 6.84. The van der Waals surface area contributed by atoms with E-state index in [0.717, 1.165) is 45.4 Å². The van der Waals surface area contributed by atoms with E-state index in [4.69, 9.17) is 23.9 Å². The Morgan fingerprint density at radius 2 is 1.26 bits per heavy atom. The van der Waals surface area contributed by atoms with Crippen LogP contribution in [-0.4, -0.2) is 38.4 Å². The predicted molar refractivity (Wildman–Crippen MR) is 121 cm³/mol. The van der Waals surface area contributed by atoms with Crippen LogP contribution < -0.4 is 18.9 Å². The molecule has 0 radical (unpaired) electrons. The molecule has 0 atom stereocenters. The molecule has 6 nitrogen and oxygen atoms in total. The van der Waals surface area contributed by atoms with E-state index in [2.05, 4.69) is 4.98 Å². The molecular formula is C25H24N2O4. The molecule has 1 aromatic heterocycles. The van der Waals surface area contributed by atoms with Gasteiger partial charge in [0.05, 0.1) is 39.8 Å². The van der Waals surface area contributed by atoms with Gasteiger partial charge in [0.15, 0.2) is 11.5 Å². The van der Waals surface area contributed by atoms with E-state index in [1.54, 1.807) is 28.4 Å². The zero-order valence-electron chi connectivity index (χ0n) is 17.9. The van der Waals surface area contributed by atoms with Crippen molar-refractivity contribution in [3.8, 4) is 56.9 Å². The Morgan fingerprint density at radius 1 is 0.613 bits per heavy atom. The van der Waals surface area contributed by atoms with Gasteiger partial charge in [0.25, 0.3) is 0 Å². The number of hydrogen-bond donors (Lipinski definition) is 1. The SMILES string of the molecule is COc1cccc(-c2nc(-c3ccc(OC)c(OC)c3)[nH]c2-c2cccc(OC)c2)c1. The number of benzene rings is 3. The zero-order chi connectivity index (χ0) is 21.8. The third-order valence-electron chi connectivity index (χ3n) is 5.06. The molecule has 4 rings (SSSR count). The largest absolute Gasteiger partial charge is 0.497 e. The van der Waals surface area contributed by atoms with Crippen LogP contribution in [0, 0.1) is 0 Å². The molecular weight excluding hydrogens is 392 g/mol. The normalized spacial score (nSPS) is 10.6. The van der Waals surface area contributed by atoms with Gasteiger partial charge >= 0.3 is 0 Å². The first kappa shape index (κ1) is 20.3. The predicted octanol–water partition coefficient (Wildman–Crippen LogP) is 5.45. The summed E-state index contributed by atoms with van der Waals surface area (Å²) in [5.74, 6) is 3.57. The zero-order valence-corrected chi connectivity index (χ0v) is 17.9. The number of hydrogen-bond acceptors (Lipinski definition) is 5. The van der Waals surface area contributed by atoms with Crippen LogP contribution in [0.3, 0.4) is 0 Å². The number of aromatic amines is 1. The Balaban J connectivity index is 1.90. The average molecular weight is 416 g/mol. The minimum absolute atomic E-state index is 0.641. The first-order valence-electron chi connectivity index (χ1n) is 9.78. The molecule has 158 valence electrons. The molecule has 6 heteroatoms. The summed E-state index contributed by atoms with van der Waals surface area (Å²) in [6, 6.07) is 21.5. The average Bonchev–Trinajstić information content (AvgIpc) is 3.29. The molecule has 4 aromatic rings. The summed E-state index contributed by atoms with van der Waals surface area (Å²) < 4.78 is 21.7. The van der Waals surface area contributed by atoms with Gasteiger partial charge in [-0.2, -0.15) is 0 Å². The van der Waals surface area contributed by atoms with Crippen LogP contribution in [0.4, 0.5) is 0 Å². The van der Waals surface area contributed by atoms with E-state index in [0.29, 0.717) is 11.5 Å². The summed E-state index contributed by atoms with van der Waals surface area (Å²) in [6.07, 6.45) is 0. The van der Waals surface area contributed by atoms with Gasteiger partial charge < -0.3 is 23.9 Å². The van der Waals surface area contributed by atoms with E-state index >= 15 is 0 Å². The molecule has 0 aliphatic heterocycles. The van der Waals surface area contributed by atoms with Gasteiger partial charge in [0, 0.05) is 16.7 Å². The lowest BCUT2D eigenvalue weighted by molar-refractivity contribution is 0.355. The van der Waals surface area contributed by atoms with Gasteiger partial charge in [-0.05, 0) is 42.5 Å². The van der Waals surface area contributed by atoms with Crippen LogP contribution in [0.5, 0.6) is 23.0 Å². The lowest BCUT2D eigenvalue weighted by Crippen LogP contribution is -1.91. The maximum Gasteiger partial charge on any atom is 0.161 e. The number of imidazole rings is 1. The smallest absolute Gasteiger partial charge is 0.161 e. The Labute approximate surface area is 181 Å². The third-order valence-corrected chi connectivity index (χ3v) is 5.06. The van der Waals surface area contributed by atoms with Gasteiger partial charge in [-0.15, -0.1) is 0 Å². The van der Waals surface area contributed by atoms with E-state index < -0.39 is 0 Å². The molecule has 0 fully saturated rings. The standard InChI is InChI=1S/C25H24N2O4/c1-28-19-9-5-7-16(13-19)23-24(17-8-6-10-20(14-17)29-2)27-25(26-23)18-11-12-21(30-3)22(15-18)31-4/h5-15H,1-4H3,(H,26,27). The molecule has 3 aromatic carbocycles. The fourth-order valence-electron chi connectivity index (χ4n) is 3.46. The maximum atomic E-state index is 5.47. The lowest BCUT2D eigenvalue weighted by atomic mass is 10.0. The quantitative estimate of drug-likeness (QED) is 0.434. The second-order valence-electron chi connectivity index (χ2n) is 6.84. The van der Waals surface area contributed by atoms with Crippen molar-refractivity contribution in [3.05, 3.63) is 66.7 Å². The summed E-state index contributed by atoms with van der Waals surface area (Å²) >= 11 is 0. The molecule has 0 spiro atoms. The minimum atomic E-state index is 0.641. The van der Waals surface area contributed by atoms with Crippen molar-refractivity contribution in [2.24, 2.45) is 0 Å². The molecule has 0 aliphatic carbocycles. The summed E-state index contributed by atoms with van der Waals surface area (Å²) in [6.45, 7) is 0. The number of ether oxygens (including phenoxy) is 4. The number of H-pyrrole nitrogens is 1. The highest BCUT2D eigenvalue weighted by atomic mass is 16.5. The Bertz CT molecular complexity index is 1130. The van der Waals surface area contributed by atoms with Crippen molar-refractivity contribution in [1.29, 1.82) is 0 Å². The molecule has 0 aliphatic rings. The van der Waals surface area contributed by atoms with Crippen LogP contribution in [0.1, 0.15) is 0 Å². The van der Waals surface area contributed by atoms with Crippen molar-refractivity contribution in [2.75, 3.05) is 28.4 Å². The lowest BCUT2D eigenvalue weighted by Gasteiger charge is -2.08. The minimum Gasteiger partial charge on any atom is -0.497 e. The van der Waals surface area contributed by atoms with Crippen LogP contribution in [0.15, 0.2) is 66.7 Å². The van der Waals surface area contributed by atoms with Crippen molar-refractivity contribution in [1.82, 2.24) is 9.97 Å². The van der Waals surface area contributed by atoms with Crippen molar-refractivity contribution in [3.63, 3.8) is 0 Å². The molecule has 0 saturated carbocycles. The highest BCUT2D eigenvalue weighted by Gasteiger charge is 2.17. The first-order valence-corrected chi connectivity index (χ1v) is 9.78. The summed E-state index contributed by atoms with van der Waals surface area (Å²) in [7, 11) is 6.55. The summed E-state index contributed by atoms with van der Waals surface area (Å²) in [5, 5.41) is 0.